The molecule has 0 aliphatic carbocycles. The minimum absolute atomic E-state index is 0.208. The number of rotatable bonds is 2. The van der Waals surface area contributed by atoms with Crippen LogP contribution in [0.1, 0.15) is 16.1 Å². The van der Waals surface area contributed by atoms with Crippen molar-refractivity contribution in [3.05, 3.63) is 48.0 Å². The van der Waals surface area contributed by atoms with Crippen molar-refractivity contribution < 1.29 is 4.79 Å². The van der Waals surface area contributed by atoms with E-state index in [0.29, 0.717) is 11.3 Å². The molecule has 0 aliphatic heterocycles. The van der Waals surface area contributed by atoms with Crippen LogP contribution in [0.25, 0.3) is 0 Å². The molecule has 0 fully saturated rings. The minimum atomic E-state index is -0.208. The third-order valence-corrected chi connectivity index (χ3v) is 1.96. The average Bonchev–Trinajstić information content (AvgIpc) is 2.30. The number of hydrogen-bond donors (Lipinski definition) is 1. The second-order valence-corrected chi connectivity index (χ2v) is 3.28. The SMILES string of the molecule is Cc1cc(NC(=O)c2cccnc2)cnn1. The number of carbonyl (C=O) groups excluding carboxylic acids is 1. The van der Waals surface area contributed by atoms with Crippen molar-refractivity contribution in [2.45, 2.75) is 6.92 Å². The molecule has 1 N–H and O–H groups in total. The van der Waals surface area contributed by atoms with Crippen LogP contribution in [0.15, 0.2) is 36.8 Å². The molecule has 80 valence electrons. The first-order chi connectivity index (χ1) is 7.75. The molecule has 0 saturated heterocycles. The zero-order valence-electron chi connectivity index (χ0n) is 8.71. The topological polar surface area (TPSA) is 67.8 Å². The number of aryl methyl sites for hydroxylation is 1. The quantitative estimate of drug-likeness (QED) is 0.821. The third kappa shape index (κ3) is 2.38. The largest absolute Gasteiger partial charge is 0.320 e. The first-order valence-corrected chi connectivity index (χ1v) is 4.76. The van der Waals surface area contributed by atoms with Crippen LogP contribution < -0.4 is 5.32 Å². The molecule has 0 spiro atoms. The van der Waals surface area contributed by atoms with Gasteiger partial charge in [0.2, 0.25) is 0 Å². The Bertz CT molecular complexity index is 498. The highest BCUT2D eigenvalue weighted by Crippen LogP contribution is 2.07. The Labute approximate surface area is 92.6 Å². The van der Waals surface area contributed by atoms with Crippen LogP contribution >= 0.6 is 0 Å². The highest BCUT2D eigenvalue weighted by molar-refractivity contribution is 6.03. The van der Waals surface area contributed by atoms with Crippen molar-refractivity contribution in [1.29, 1.82) is 0 Å². The van der Waals surface area contributed by atoms with Gasteiger partial charge in [0.25, 0.3) is 5.91 Å². The summed E-state index contributed by atoms with van der Waals surface area (Å²) in [6.07, 6.45) is 4.63. The number of amides is 1. The molecule has 0 unspecified atom stereocenters. The predicted molar refractivity (Wildman–Crippen MR) is 59.0 cm³/mol. The van der Waals surface area contributed by atoms with E-state index in [0.717, 1.165) is 5.69 Å². The maximum Gasteiger partial charge on any atom is 0.257 e. The molecule has 0 bridgehead atoms. The summed E-state index contributed by atoms with van der Waals surface area (Å²) in [6.45, 7) is 1.81. The van der Waals surface area contributed by atoms with Gasteiger partial charge in [-0.2, -0.15) is 10.2 Å². The average molecular weight is 214 g/mol. The Morgan fingerprint density at radius 3 is 2.94 bits per heavy atom. The Hall–Kier alpha value is -2.30. The van der Waals surface area contributed by atoms with E-state index in [-0.39, 0.29) is 5.91 Å². The van der Waals surface area contributed by atoms with Gasteiger partial charge in [0, 0.05) is 12.4 Å². The summed E-state index contributed by atoms with van der Waals surface area (Å²) < 4.78 is 0. The zero-order chi connectivity index (χ0) is 11.4. The fraction of sp³-hybridized carbons (Fsp3) is 0.0909. The van der Waals surface area contributed by atoms with Crippen LogP contribution in [0.2, 0.25) is 0 Å². The standard InChI is InChI=1S/C11H10N4O/c1-8-5-10(7-13-15-8)14-11(16)9-3-2-4-12-6-9/h2-7H,1H3,(H,14,15,16). The van der Waals surface area contributed by atoms with Crippen LogP contribution in [0, 0.1) is 6.92 Å². The van der Waals surface area contributed by atoms with E-state index in [2.05, 4.69) is 20.5 Å². The Balaban J connectivity index is 2.14. The molecule has 2 heterocycles. The first kappa shape index (κ1) is 10.2. The monoisotopic (exact) mass is 214 g/mol. The Morgan fingerprint density at radius 2 is 2.25 bits per heavy atom. The summed E-state index contributed by atoms with van der Waals surface area (Å²) >= 11 is 0. The summed E-state index contributed by atoms with van der Waals surface area (Å²) in [6, 6.07) is 5.16. The number of hydrogen-bond acceptors (Lipinski definition) is 4. The van der Waals surface area contributed by atoms with Gasteiger partial charge in [-0.3, -0.25) is 9.78 Å². The van der Waals surface area contributed by atoms with Gasteiger partial charge >= 0.3 is 0 Å². The molecule has 2 aromatic heterocycles. The molecule has 0 saturated carbocycles. The lowest BCUT2D eigenvalue weighted by molar-refractivity contribution is 0.102. The van der Waals surface area contributed by atoms with Gasteiger partial charge in [0.1, 0.15) is 0 Å². The molecule has 2 aromatic rings. The zero-order valence-corrected chi connectivity index (χ0v) is 8.71. The molecule has 2 rings (SSSR count). The van der Waals surface area contributed by atoms with E-state index < -0.39 is 0 Å². The highest BCUT2D eigenvalue weighted by Gasteiger charge is 2.05. The molecule has 0 atom stereocenters. The summed E-state index contributed by atoms with van der Waals surface area (Å²) in [5.74, 6) is -0.208. The number of pyridine rings is 1. The molecular formula is C11H10N4O. The smallest absolute Gasteiger partial charge is 0.257 e. The molecule has 0 aliphatic rings. The number of nitrogens with zero attached hydrogens (tertiary/aromatic N) is 3. The molecular weight excluding hydrogens is 204 g/mol. The summed E-state index contributed by atoms with van der Waals surface area (Å²) in [5, 5.41) is 10.3. The summed E-state index contributed by atoms with van der Waals surface area (Å²) in [5.41, 5.74) is 1.89. The summed E-state index contributed by atoms with van der Waals surface area (Å²) in [4.78, 5) is 15.6. The van der Waals surface area contributed by atoms with Gasteiger partial charge in [-0.25, -0.2) is 0 Å². The molecule has 0 aromatic carbocycles. The van der Waals surface area contributed by atoms with Gasteiger partial charge in [-0.1, -0.05) is 0 Å². The van der Waals surface area contributed by atoms with Crippen LogP contribution in [0.3, 0.4) is 0 Å². The Morgan fingerprint density at radius 1 is 1.38 bits per heavy atom. The lowest BCUT2D eigenvalue weighted by Crippen LogP contribution is -2.12. The minimum Gasteiger partial charge on any atom is -0.320 e. The fourth-order valence-corrected chi connectivity index (χ4v) is 1.24. The highest BCUT2D eigenvalue weighted by atomic mass is 16.1. The second kappa shape index (κ2) is 4.48. The maximum absolute atomic E-state index is 11.7. The van der Waals surface area contributed by atoms with Gasteiger partial charge in [0.15, 0.2) is 0 Å². The Kier molecular flexibility index (Phi) is 2.86. The second-order valence-electron chi connectivity index (χ2n) is 3.28. The lowest BCUT2D eigenvalue weighted by atomic mass is 10.2. The molecule has 16 heavy (non-hydrogen) atoms. The van der Waals surface area contributed by atoms with Crippen molar-refractivity contribution >= 4 is 11.6 Å². The van der Waals surface area contributed by atoms with Crippen molar-refractivity contribution in [2.24, 2.45) is 0 Å². The number of nitrogens with one attached hydrogen (secondary N) is 1. The van der Waals surface area contributed by atoms with E-state index in [1.165, 1.54) is 12.4 Å². The van der Waals surface area contributed by atoms with Crippen LogP contribution in [0.4, 0.5) is 5.69 Å². The summed E-state index contributed by atoms with van der Waals surface area (Å²) in [7, 11) is 0. The van der Waals surface area contributed by atoms with Crippen molar-refractivity contribution in [1.82, 2.24) is 15.2 Å². The maximum atomic E-state index is 11.7. The van der Waals surface area contributed by atoms with Crippen LogP contribution in [0.5, 0.6) is 0 Å². The van der Waals surface area contributed by atoms with Crippen molar-refractivity contribution in [2.75, 3.05) is 5.32 Å². The first-order valence-electron chi connectivity index (χ1n) is 4.76. The van der Waals surface area contributed by atoms with Gasteiger partial charge in [-0.15, -0.1) is 0 Å². The van der Waals surface area contributed by atoms with E-state index >= 15 is 0 Å². The van der Waals surface area contributed by atoms with Crippen molar-refractivity contribution in [3.8, 4) is 0 Å². The number of aromatic nitrogens is 3. The predicted octanol–water partition coefficient (Wildman–Crippen LogP) is 1.43. The van der Waals surface area contributed by atoms with Crippen LogP contribution in [-0.4, -0.2) is 21.1 Å². The normalized spacial score (nSPS) is 9.81. The van der Waals surface area contributed by atoms with Gasteiger partial charge in [0.05, 0.1) is 23.1 Å². The van der Waals surface area contributed by atoms with E-state index in [4.69, 9.17) is 0 Å². The molecule has 5 nitrogen and oxygen atoms in total. The van der Waals surface area contributed by atoms with Crippen LogP contribution in [-0.2, 0) is 0 Å². The number of anilines is 1. The molecule has 5 heteroatoms. The molecule has 1 amide bonds. The van der Waals surface area contributed by atoms with Gasteiger partial charge in [-0.05, 0) is 25.1 Å². The lowest BCUT2D eigenvalue weighted by Gasteiger charge is -2.04. The van der Waals surface area contributed by atoms with E-state index in [1.54, 1.807) is 24.4 Å². The molecule has 0 radical (unpaired) electrons. The van der Waals surface area contributed by atoms with Gasteiger partial charge < -0.3 is 5.32 Å². The number of carbonyl (C=O) groups is 1. The van der Waals surface area contributed by atoms with E-state index in [9.17, 15) is 4.79 Å². The fourth-order valence-electron chi connectivity index (χ4n) is 1.24. The van der Waals surface area contributed by atoms with E-state index in [1.807, 2.05) is 6.92 Å². The van der Waals surface area contributed by atoms with Crippen molar-refractivity contribution in [3.63, 3.8) is 0 Å². The third-order valence-electron chi connectivity index (χ3n) is 1.96.